The zero-order valence-corrected chi connectivity index (χ0v) is 24.5. The minimum Gasteiger partial charge on any atom is -0.496 e. The molecule has 0 atom stereocenters. The number of hydrogen-bond donors (Lipinski definition) is 1. The Balaban J connectivity index is 0.000000342. The lowest BCUT2D eigenvalue weighted by Crippen LogP contribution is -2.19. The molecule has 190 valence electrons. The molecule has 0 spiro atoms. The van der Waals surface area contributed by atoms with E-state index < -0.39 is 0 Å². The first-order chi connectivity index (χ1) is 15.9. The summed E-state index contributed by atoms with van der Waals surface area (Å²) in [6.07, 6.45) is 2.95. The minimum absolute atomic E-state index is 0.0662. The van der Waals surface area contributed by atoms with Gasteiger partial charge in [0.25, 0.3) is 0 Å². The van der Waals surface area contributed by atoms with Crippen molar-refractivity contribution in [2.75, 3.05) is 27.9 Å². The zero-order chi connectivity index (χ0) is 25.9. The minimum atomic E-state index is -0.174. The first-order valence-electron chi connectivity index (χ1n) is 11.3. The molecule has 0 aliphatic carbocycles. The van der Waals surface area contributed by atoms with E-state index in [1.807, 2.05) is 24.3 Å². The summed E-state index contributed by atoms with van der Waals surface area (Å²) in [7, 11) is 4.73. The van der Waals surface area contributed by atoms with Crippen molar-refractivity contribution in [1.29, 1.82) is 0 Å². The van der Waals surface area contributed by atoms with Gasteiger partial charge >= 0.3 is 5.97 Å². The Kier molecular flexibility index (Phi) is 12.6. The average Bonchev–Trinajstić information content (AvgIpc) is 2.82. The number of methoxy groups -OCH3 is 3. The third-order valence-corrected chi connectivity index (χ3v) is 7.32. The molecule has 0 saturated heterocycles. The summed E-state index contributed by atoms with van der Waals surface area (Å²) in [5.74, 6) is 1.49. The van der Waals surface area contributed by atoms with Crippen LogP contribution in [0.25, 0.3) is 0 Å². The molecule has 0 unspecified atom stereocenters. The van der Waals surface area contributed by atoms with E-state index in [9.17, 15) is 4.79 Å². The third kappa shape index (κ3) is 9.23. The van der Waals surface area contributed by atoms with E-state index in [0.717, 1.165) is 45.3 Å². The zero-order valence-electron chi connectivity index (χ0n) is 21.3. The van der Waals surface area contributed by atoms with Crippen LogP contribution < -0.4 is 9.47 Å². The summed E-state index contributed by atoms with van der Waals surface area (Å²) in [6, 6.07) is 12.2. The van der Waals surface area contributed by atoms with E-state index in [1.54, 1.807) is 14.2 Å². The highest BCUT2D eigenvalue weighted by Gasteiger charge is 2.23. The average molecular weight is 602 g/mol. The topological polar surface area (TPSA) is 65.0 Å². The van der Waals surface area contributed by atoms with Crippen LogP contribution in [0.2, 0.25) is 0 Å². The van der Waals surface area contributed by atoms with Gasteiger partial charge in [-0.05, 0) is 97.3 Å². The van der Waals surface area contributed by atoms with Gasteiger partial charge in [0, 0.05) is 13.0 Å². The number of halogens is 2. The van der Waals surface area contributed by atoms with Crippen molar-refractivity contribution in [2.45, 2.75) is 64.2 Å². The van der Waals surface area contributed by atoms with Crippen LogP contribution in [-0.4, -0.2) is 39.0 Å². The van der Waals surface area contributed by atoms with Crippen molar-refractivity contribution in [3.63, 3.8) is 0 Å². The molecular weight excluding hydrogens is 564 g/mol. The van der Waals surface area contributed by atoms with E-state index in [2.05, 4.69) is 76.4 Å². The maximum Gasteiger partial charge on any atom is 0.305 e. The fraction of sp³-hybridized carbons (Fsp3) is 0.519. The van der Waals surface area contributed by atoms with Crippen molar-refractivity contribution in [3.05, 3.63) is 56.5 Å². The lowest BCUT2D eigenvalue weighted by molar-refractivity contribution is -0.141. The number of hydrogen-bond acceptors (Lipinski definition) is 5. The number of carbonyl (C=O) groups excluding carboxylic acids is 1. The number of aliphatic hydroxyl groups excluding tert-OH is 1. The van der Waals surface area contributed by atoms with Crippen LogP contribution in [0.15, 0.2) is 45.3 Å². The molecule has 0 aliphatic heterocycles. The van der Waals surface area contributed by atoms with E-state index in [4.69, 9.17) is 14.6 Å². The van der Waals surface area contributed by atoms with Gasteiger partial charge in [0.15, 0.2) is 0 Å². The molecule has 2 aromatic carbocycles. The van der Waals surface area contributed by atoms with Crippen molar-refractivity contribution < 1.29 is 24.1 Å². The third-order valence-electron chi connectivity index (χ3n) is 6.01. The molecule has 2 rings (SSSR count). The van der Waals surface area contributed by atoms with Crippen LogP contribution in [0.3, 0.4) is 0 Å². The van der Waals surface area contributed by atoms with Gasteiger partial charge in [0.2, 0.25) is 0 Å². The summed E-state index contributed by atoms with van der Waals surface area (Å²) < 4.78 is 17.1. The highest BCUT2D eigenvalue weighted by Crippen LogP contribution is 2.35. The predicted molar refractivity (Wildman–Crippen MR) is 145 cm³/mol. The smallest absolute Gasteiger partial charge is 0.305 e. The Morgan fingerprint density at radius 1 is 0.824 bits per heavy atom. The van der Waals surface area contributed by atoms with E-state index in [1.165, 1.54) is 12.7 Å². The van der Waals surface area contributed by atoms with E-state index in [0.29, 0.717) is 6.42 Å². The molecule has 0 radical (unpaired) electrons. The number of ether oxygens (including phenoxy) is 3. The number of benzene rings is 2. The normalized spacial score (nSPS) is 11.4. The second kappa shape index (κ2) is 14.1. The molecule has 34 heavy (non-hydrogen) atoms. The van der Waals surface area contributed by atoms with Crippen LogP contribution in [0.5, 0.6) is 11.5 Å². The van der Waals surface area contributed by atoms with Gasteiger partial charge in [-0.1, -0.05) is 39.8 Å². The number of rotatable bonds is 10. The van der Waals surface area contributed by atoms with Gasteiger partial charge < -0.3 is 19.3 Å². The second-order valence-electron chi connectivity index (χ2n) is 9.37. The predicted octanol–water partition coefficient (Wildman–Crippen LogP) is 7.20. The van der Waals surface area contributed by atoms with Crippen LogP contribution >= 0.6 is 31.9 Å². The molecule has 0 aliphatic rings. The van der Waals surface area contributed by atoms with Crippen molar-refractivity contribution in [1.82, 2.24) is 0 Å². The standard InChI is InChI=1S/C14H19BrO3.C13H19BrO2/c1-14(2,8-7-13(16)18-4)10-5-6-11(15)12(9-10)17-3;1-13(2,7-4-8-15)10-5-6-11(14)12(9-10)16-3/h5-6,9H,7-8H2,1-4H3;5-6,9,15H,4,7-8H2,1-3H3. The van der Waals surface area contributed by atoms with Gasteiger partial charge in [0.1, 0.15) is 11.5 Å². The molecule has 5 nitrogen and oxygen atoms in total. The van der Waals surface area contributed by atoms with Crippen molar-refractivity contribution in [2.24, 2.45) is 0 Å². The Labute approximate surface area is 221 Å². The largest absolute Gasteiger partial charge is 0.496 e. The number of carbonyl (C=O) groups is 1. The van der Waals surface area contributed by atoms with Crippen LogP contribution in [-0.2, 0) is 20.4 Å². The highest BCUT2D eigenvalue weighted by molar-refractivity contribution is 9.10. The first-order valence-corrected chi connectivity index (χ1v) is 12.9. The van der Waals surface area contributed by atoms with Crippen molar-refractivity contribution in [3.8, 4) is 11.5 Å². The monoisotopic (exact) mass is 600 g/mol. The molecule has 0 fully saturated rings. The fourth-order valence-corrected chi connectivity index (χ4v) is 4.30. The number of esters is 1. The summed E-state index contributed by atoms with van der Waals surface area (Å²) in [5, 5.41) is 8.89. The molecule has 7 heteroatoms. The van der Waals surface area contributed by atoms with E-state index >= 15 is 0 Å². The van der Waals surface area contributed by atoms with Crippen LogP contribution in [0.4, 0.5) is 0 Å². The SMILES string of the molecule is COC(=O)CCC(C)(C)c1ccc(Br)c(OC)c1.COc1cc(C(C)(C)CCCO)ccc1Br. The Morgan fingerprint density at radius 3 is 1.65 bits per heavy atom. The Bertz CT molecular complexity index is 925. The van der Waals surface area contributed by atoms with Crippen LogP contribution in [0, 0.1) is 0 Å². The summed E-state index contributed by atoms with van der Waals surface area (Å²) in [5.41, 5.74) is 2.35. The van der Waals surface area contributed by atoms with E-state index in [-0.39, 0.29) is 23.4 Å². The van der Waals surface area contributed by atoms with Gasteiger partial charge in [-0.25, -0.2) is 0 Å². The fourth-order valence-electron chi connectivity index (χ4n) is 3.49. The second-order valence-corrected chi connectivity index (χ2v) is 11.1. The molecule has 0 saturated carbocycles. The Hall–Kier alpha value is -1.57. The first kappa shape index (κ1) is 30.5. The highest BCUT2D eigenvalue weighted by atomic mass is 79.9. The lowest BCUT2D eigenvalue weighted by atomic mass is 9.80. The number of aliphatic hydroxyl groups is 1. The molecule has 0 bridgehead atoms. The summed E-state index contributed by atoms with van der Waals surface area (Å²) in [4.78, 5) is 11.2. The molecule has 1 N–H and O–H groups in total. The van der Waals surface area contributed by atoms with Gasteiger partial charge in [-0.2, -0.15) is 0 Å². The molecule has 0 aromatic heterocycles. The maximum absolute atomic E-state index is 11.2. The molecule has 2 aromatic rings. The summed E-state index contributed by atoms with van der Waals surface area (Å²) >= 11 is 6.88. The molecule has 0 heterocycles. The van der Waals surface area contributed by atoms with Gasteiger partial charge in [0.05, 0.1) is 30.3 Å². The van der Waals surface area contributed by atoms with Crippen molar-refractivity contribution >= 4 is 37.8 Å². The Morgan fingerprint density at radius 2 is 1.26 bits per heavy atom. The van der Waals surface area contributed by atoms with Gasteiger partial charge in [-0.3, -0.25) is 4.79 Å². The molecular formula is C27H38Br2O5. The van der Waals surface area contributed by atoms with Crippen LogP contribution in [0.1, 0.15) is 64.5 Å². The quantitative estimate of drug-likeness (QED) is 0.292. The summed E-state index contributed by atoms with van der Waals surface area (Å²) in [6.45, 7) is 8.84. The molecule has 0 amide bonds. The maximum atomic E-state index is 11.2. The lowest BCUT2D eigenvalue weighted by Gasteiger charge is -2.25. The van der Waals surface area contributed by atoms with Gasteiger partial charge in [-0.15, -0.1) is 0 Å².